The van der Waals surface area contributed by atoms with E-state index in [1.165, 1.54) is 6.20 Å². The number of hydrogen-bond donors (Lipinski definition) is 1. The summed E-state index contributed by atoms with van der Waals surface area (Å²) < 4.78 is 6.71. The summed E-state index contributed by atoms with van der Waals surface area (Å²) in [6, 6.07) is 7.33. The van der Waals surface area contributed by atoms with Crippen LogP contribution in [0.2, 0.25) is 0 Å². The third kappa shape index (κ3) is 2.69. The number of benzene rings is 1. The first-order chi connectivity index (χ1) is 9.02. The largest absolute Gasteiger partial charge is 0.437 e. The molecule has 1 aromatic carbocycles. The average molecular weight is 318 g/mol. The molecule has 2 N–H and O–H groups in total. The van der Waals surface area contributed by atoms with Crippen LogP contribution in [0, 0.1) is 25.2 Å². The lowest BCUT2D eigenvalue weighted by Gasteiger charge is -2.11. The molecule has 0 bridgehead atoms. The smallest absolute Gasteiger partial charge is 0.244 e. The highest BCUT2D eigenvalue weighted by Crippen LogP contribution is 2.31. The van der Waals surface area contributed by atoms with Gasteiger partial charge >= 0.3 is 0 Å². The number of hydrogen-bond acceptors (Lipinski definition) is 4. The topological polar surface area (TPSA) is 71.9 Å². The zero-order valence-electron chi connectivity index (χ0n) is 10.6. The van der Waals surface area contributed by atoms with Gasteiger partial charge in [0.25, 0.3) is 0 Å². The number of pyridine rings is 1. The van der Waals surface area contributed by atoms with E-state index in [4.69, 9.17) is 15.7 Å². The van der Waals surface area contributed by atoms with E-state index in [0.717, 1.165) is 15.6 Å². The van der Waals surface area contributed by atoms with Crippen LogP contribution in [-0.4, -0.2) is 4.98 Å². The van der Waals surface area contributed by atoms with E-state index < -0.39 is 0 Å². The number of rotatable bonds is 2. The van der Waals surface area contributed by atoms with Gasteiger partial charge in [-0.05, 0) is 43.2 Å². The number of anilines is 1. The van der Waals surface area contributed by atoms with Gasteiger partial charge in [-0.3, -0.25) is 0 Å². The zero-order chi connectivity index (χ0) is 14.0. The minimum atomic E-state index is 0.250. The van der Waals surface area contributed by atoms with E-state index in [2.05, 4.69) is 20.9 Å². The maximum atomic E-state index is 8.91. The fourth-order valence-corrected chi connectivity index (χ4v) is 1.94. The SMILES string of the molecule is Cc1cc(Oc2nccc(C#N)c2N)cc(C)c1Br. The van der Waals surface area contributed by atoms with Gasteiger partial charge in [0, 0.05) is 10.7 Å². The van der Waals surface area contributed by atoms with Crippen LogP contribution in [0.1, 0.15) is 16.7 Å². The molecule has 0 radical (unpaired) electrons. The Morgan fingerprint density at radius 2 is 1.95 bits per heavy atom. The van der Waals surface area contributed by atoms with Crippen molar-refractivity contribution in [2.24, 2.45) is 0 Å². The molecule has 0 fully saturated rings. The van der Waals surface area contributed by atoms with E-state index in [0.29, 0.717) is 11.3 Å². The Hall–Kier alpha value is -2.06. The summed E-state index contributed by atoms with van der Waals surface area (Å²) in [4.78, 5) is 4.05. The molecule has 2 aromatic rings. The van der Waals surface area contributed by atoms with E-state index in [1.807, 2.05) is 32.0 Å². The summed E-state index contributed by atoms with van der Waals surface area (Å²) in [6.45, 7) is 3.96. The molecule has 1 heterocycles. The van der Waals surface area contributed by atoms with Crippen molar-refractivity contribution >= 4 is 21.6 Å². The van der Waals surface area contributed by atoms with Crippen molar-refractivity contribution in [1.82, 2.24) is 4.98 Å². The van der Waals surface area contributed by atoms with Crippen LogP contribution >= 0.6 is 15.9 Å². The first-order valence-electron chi connectivity index (χ1n) is 5.62. The van der Waals surface area contributed by atoms with Crippen LogP contribution in [0.15, 0.2) is 28.9 Å². The summed E-state index contributed by atoms with van der Waals surface area (Å²) >= 11 is 3.50. The van der Waals surface area contributed by atoms with Crippen molar-refractivity contribution in [3.8, 4) is 17.7 Å². The number of halogens is 1. The Morgan fingerprint density at radius 3 is 2.53 bits per heavy atom. The lowest BCUT2D eigenvalue weighted by molar-refractivity contribution is 0.464. The number of aryl methyl sites for hydroxylation is 2. The molecule has 0 aliphatic heterocycles. The normalized spacial score (nSPS) is 10.0. The zero-order valence-corrected chi connectivity index (χ0v) is 12.2. The van der Waals surface area contributed by atoms with Gasteiger partial charge in [0.15, 0.2) is 0 Å². The average Bonchev–Trinajstić information content (AvgIpc) is 2.38. The van der Waals surface area contributed by atoms with Crippen LogP contribution in [-0.2, 0) is 0 Å². The lowest BCUT2D eigenvalue weighted by atomic mass is 10.1. The van der Waals surface area contributed by atoms with Crippen molar-refractivity contribution in [3.05, 3.63) is 45.6 Å². The molecule has 0 spiro atoms. The summed E-state index contributed by atoms with van der Waals surface area (Å²) in [5, 5.41) is 8.91. The van der Waals surface area contributed by atoms with Crippen LogP contribution in [0.5, 0.6) is 11.6 Å². The van der Waals surface area contributed by atoms with Gasteiger partial charge < -0.3 is 10.5 Å². The molecule has 1 aromatic heterocycles. The van der Waals surface area contributed by atoms with Gasteiger partial charge in [-0.15, -0.1) is 0 Å². The first-order valence-corrected chi connectivity index (χ1v) is 6.41. The van der Waals surface area contributed by atoms with Crippen molar-refractivity contribution < 1.29 is 4.74 Å². The summed E-state index contributed by atoms with van der Waals surface area (Å²) in [5.41, 5.74) is 8.56. The quantitative estimate of drug-likeness (QED) is 0.916. The van der Waals surface area contributed by atoms with Gasteiger partial charge in [0.2, 0.25) is 5.88 Å². The molecule has 0 aliphatic rings. The predicted molar refractivity (Wildman–Crippen MR) is 77.1 cm³/mol. The van der Waals surface area contributed by atoms with Crippen molar-refractivity contribution in [2.45, 2.75) is 13.8 Å². The van der Waals surface area contributed by atoms with Gasteiger partial charge in [-0.2, -0.15) is 5.26 Å². The molecule has 0 saturated carbocycles. The van der Waals surface area contributed by atoms with Crippen molar-refractivity contribution in [2.75, 3.05) is 5.73 Å². The van der Waals surface area contributed by atoms with Gasteiger partial charge in [-0.25, -0.2) is 4.98 Å². The minimum absolute atomic E-state index is 0.250. The molecule has 0 saturated heterocycles. The Balaban J connectivity index is 2.40. The molecule has 0 unspecified atom stereocenters. The number of nitrogen functional groups attached to an aromatic ring is 1. The van der Waals surface area contributed by atoms with Crippen molar-refractivity contribution in [1.29, 1.82) is 5.26 Å². The summed E-state index contributed by atoms with van der Waals surface area (Å²) in [6.07, 6.45) is 1.50. The van der Waals surface area contributed by atoms with Crippen LogP contribution in [0.25, 0.3) is 0 Å². The molecule has 0 atom stereocenters. The Kier molecular flexibility index (Phi) is 3.72. The Morgan fingerprint density at radius 1 is 1.32 bits per heavy atom. The standard InChI is InChI=1S/C14H12BrN3O/c1-8-5-11(6-9(2)12(8)15)19-14-13(17)10(7-16)3-4-18-14/h3-6H,17H2,1-2H3. The number of nitriles is 1. The summed E-state index contributed by atoms with van der Waals surface area (Å²) in [5.74, 6) is 0.896. The molecular weight excluding hydrogens is 306 g/mol. The molecule has 96 valence electrons. The highest BCUT2D eigenvalue weighted by molar-refractivity contribution is 9.10. The highest BCUT2D eigenvalue weighted by Gasteiger charge is 2.10. The number of nitrogens with zero attached hydrogens (tertiary/aromatic N) is 2. The van der Waals surface area contributed by atoms with Crippen molar-refractivity contribution in [3.63, 3.8) is 0 Å². The highest BCUT2D eigenvalue weighted by atomic mass is 79.9. The fraction of sp³-hybridized carbons (Fsp3) is 0.143. The molecule has 19 heavy (non-hydrogen) atoms. The number of nitrogens with two attached hydrogens (primary N) is 1. The number of aromatic nitrogens is 1. The van der Waals surface area contributed by atoms with E-state index >= 15 is 0 Å². The molecule has 4 nitrogen and oxygen atoms in total. The van der Waals surface area contributed by atoms with Crippen LogP contribution in [0.4, 0.5) is 5.69 Å². The molecule has 5 heteroatoms. The third-order valence-electron chi connectivity index (χ3n) is 2.70. The minimum Gasteiger partial charge on any atom is -0.437 e. The second kappa shape index (κ2) is 5.29. The van der Waals surface area contributed by atoms with Crippen LogP contribution < -0.4 is 10.5 Å². The summed E-state index contributed by atoms with van der Waals surface area (Å²) in [7, 11) is 0. The molecule has 0 aliphatic carbocycles. The number of ether oxygens (including phenoxy) is 1. The Labute approximate surface area is 120 Å². The molecule has 0 amide bonds. The van der Waals surface area contributed by atoms with E-state index in [9.17, 15) is 0 Å². The van der Waals surface area contributed by atoms with Gasteiger partial charge in [0.05, 0.1) is 5.56 Å². The van der Waals surface area contributed by atoms with E-state index in [-0.39, 0.29) is 11.6 Å². The monoisotopic (exact) mass is 317 g/mol. The molecule has 2 rings (SSSR count). The lowest BCUT2D eigenvalue weighted by Crippen LogP contribution is -1.98. The fourth-order valence-electron chi connectivity index (χ4n) is 1.71. The maximum Gasteiger partial charge on any atom is 0.244 e. The maximum absolute atomic E-state index is 8.91. The van der Waals surface area contributed by atoms with E-state index in [1.54, 1.807) is 6.07 Å². The van der Waals surface area contributed by atoms with Crippen LogP contribution in [0.3, 0.4) is 0 Å². The second-order valence-corrected chi connectivity index (χ2v) is 4.96. The predicted octanol–water partition coefficient (Wildman–Crippen LogP) is 3.71. The van der Waals surface area contributed by atoms with Gasteiger partial charge in [0.1, 0.15) is 17.5 Å². The Bertz CT molecular complexity index is 654. The van der Waals surface area contributed by atoms with Gasteiger partial charge in [-0.1, -0.05) is 15.9 Å². The third-order valence-corrected chi connectivity index (χ3v) is 3.95. The first kappa shape index (κ1) is 13.4. The second-order valence-electron chi connectivity index (χ2n) is 4.16. The molecular formula is C14H12BrN3O.